The van der Waals surface area contributed by atoms with Crippen LogP contribution in [0.5, 0.6) is 0 Å². The number of alkyl carbamates (subject to hydrolysis) is 1. The molecule has 0 saturated carbocycles. The highest BCUT2D eigenvalue weighted by Crippen LogP contribution is 2.17. The average Bonchev–Trinajstić information content (AvgIpc) is 3.05. The lowest BCUT2D eigenvalue weighted by molar-refractivity contribution is 0.0508. The topological polar surface area (TPSA) is 103 Å². The van der Waals surface area contributed by atoms with E-state index in [0.29, 0.717) is 11.4 Å². The van der Waals surface area contributed by atoms with E-state index in [0.717, 1.165) is 5.56 Å². The Bertz CT molecular complexity index is 720. The molecule has 8 heteroatoms. The third-order valence-corrected chi connectivity index (χ3v) is 3.22. The van der Waals surface area contributed by atoms with Crippen molar-refractivity contribution in [3.05, 3.63) is 48.2 Å². The van der Waals surface area contributed by atoms with Crippen LogP contribution in [0.25, 0.3) is 0 Å². The Morgan fingerprint density at radius 1 is 1.19 bits per heavy atom. The van der Waals surface area contributed by atoms with Gasteiger partial charge in [0.15, 0.2) is 18.8 Å². The number of amides is 2. The Labute approximate surface area is 151 Å². The Hall–Kier alpha value is -3.03. The average molecular weight is 361 g/mol. The molecule has 2 aromatic rings. The fourth-order valence-electron chi connectivity index (χ4n) is 2.03. The molecule has 26 heavy (non-hydrogen) atoms. The van der Waals surface area contributed by atoms with E-state index in [9.17, 15) is 9.59 Å². The SMILES string of the molecule is CC(NC(=O)OC(C)(C)C)c1ccc(NC(=O)OCc2cnco2)cc1. The minimum absolute atomic E-state index is 0.000753. The predicted octanol–water partition coefficient (Wildman–Crippen LogP) is 4.01. The predicted molar refractivity (Wildman–Crippen MR) is 94.5 cm³/mol. The summed E-state index contributed by atoms with van der Waals surface area (Å²) in [5, 5.41) is 5.37. The van der Waals surface area contributed by atoms with Crippen molar-refractivity contribution in [1.29, 1.82) is 0 Å². The standard InChI is InChI=1S/C18H23N3O5/c1-12(20-17(23)26-18(2,3)4)13-5-7-14(8-6-13)21-16(22)24-10-15-9-19-11-25-15/h5-9,11-12H,10H2,1-4H3,(H,20,23)(H,21,22). The van der Waals surface area contributed by atoms with Gasteiger partial charge in [0.05, 0.1) is 12.2 Å². The molecule has 1 heterocycles. The Balaban J connectivity index is 1.83. The number of nitrogens with one attached hydrogen (secondary N) is 2. The van der Waals surface area contributed by atoms with Gasteiger partial charge in [0.1, 0.15) is 5.60 Å². The fraction of sp³-hybridized carbons (Fsp3) is 0.389. The molecule has 2 rings (SSSR count). The van der Waals surface area contributed by atoms with Gasteiger partial charge in [-0.05, 0) is 45.4 Å². The summed E-state index contributed by atoms with van der Waals surface area (Å²) in [5.41, 5.74) is 0.890. The summed E-state index contributed by atoms with van der Waals surface area (Å²) in [6, 6.07) is 6.80. The van der Waals surface area contributed by atoms with Crippen LogP contribution < -0.4 is 10.6 Å². The molecule has 8 nitrogen and oxygen atoms in total. The van der Waals surface area contributed by atoms with Gasteiger partial charge >= 0.3 is 12.2 Å². The number of carbonyl (C=O) groups excluding carboxylic acids is 2. The summed E-state index contributed by atoms with van der Waals surface area (Å²) in [6.07, 6.45) is 1.65. The maximum Gasteiger partial charge on any atom is 0.412 e. The van der Waals surface area contributed by atoms with Crippen molar-refractivity contribution in [1.82, 2.24) is 10.3 Å². The number of aromatic nitrogens is 1. The monoisotopic (exact) mass is 361 g/mol. The molecule has 2 N–H and O–H groups in total. The van der Waals surface area contributed by atoms with Crippen LogP contribution in [-0.2, 0) is 16.1 Å². The highest BCUT2D eigenvalue weighted by atomic mass is 16.6. The van der Waals surface area contributed by atoms with Gasteiger partial charge in [-0.3, -0.25) is 5.32 Å². The molecule has 0 aliphatic rings. The van der Waals surface area contributed by atoms with Crippen molar-refractivity contribution in [3.63, 3.8) is 0 Å². The number of nitrogens with zero attached hydrogens (tertiary/aromatic N) is 1. The molecule has 1 aromatic carbocycles. The van der Waals surface area contributed by atoms with Gasteiger partial charge in [-0.15, -0.1) is 0 Å². The molecular formula is C18H23N3O5. The first-order chi connectivity index (χ1) is 12.2. The summed E-state index contributed by atoms with van der Waals surface area (Å²) in [7, 11) is 0. The molecule has 1 atom stereocenters. The normalized spacial score (nSPS) is 12.2. The Kier molecular flexibility index (Phi) is 6.21. The molecule has 0 bridgehead atoms. The maximum absolute atomic E-state index is 11.8. The third kappa shape index (κ3) is 6.46. The van der Waals surface area contributed by atoms with Crippen LogP contribution in [-0.4, -0.2) is 22.8 Å². The highest BCUT2D eigenvalue weighted by molar-refractivity contribution is 5.84. The van der Waals surface area contributed by atoms with E-state index in [2.05, 4.69) is 15.6 Å². The zero-order valence-electron chi connectivity index (χ0n) is 15.2. The van der Waals surface area contributed by atoms with E-state index in [1.807, 2.05) is 6.92 Å². The largest absolute Gasteiger partial charge is 0.445 e. The number of anilines is 1. The van der Waals surface area contributed by atoms with Gasteiger partial charge in [-0.1, -0.05) is 12.1 Å². The summed E-state index contributed by atoms with van der Waals surface area (Å²) >= 11 is 0. The fourth-order valence-corrected chi connectivity index (χ4v) is 2.03. The summed E-state index contributed by atoms with van der Waals surface area (Å²) in [5.74, 6) is 0.456. The number of hydrogen-bond donors (Lipinski definition) is 2. The molecule has 0 spiro atoms. The van der Waals surface area contributed by atoms with E-state index in [1.165, 1.54) is 12.6 Å². The van der Waals surface area contributed by atoms with Crippen molar-refractivity contribution in [2.24, 2.45) is 0 Å². The van der Waals surface area contributed by atoms with Gasteiger partial charge in [0.2, 0.25) is 0 Å². The number of oxazole rings is 1. The summed E-state index contributed by atoms with van der Waals surface area (Å²) in [6.45, 7) is 7.26. The zero-order chi connectivity index (χ0) is 19.2. The number of rotatable bonds is 5. The van der Waals surface area contributed by atoms with Crippen molar-refractivity contribution in [2.45, 2.75) is 45.9 Å². The van der Waals surface area contributed by atoms with Crippen molar-refractivity contribution < 1.29 is 23.5 Å². The van der Waals surface area contributed by atoms with Crippen LogP contribution in [0.15, 0.2) is 41.3 Å². The van der Waals surface area contributed by atoms with Crippen LogP contribution in [0, 0.1) is 0 Å². The molecule has 0 aliphatic heterocycles. The van der Waals surface area contributed by atoms with E-state index in [1.54, 1.807) is 45.0 Å². The second-order valence-electron chi connectivity index (χ2n) is 6.66. The van der Waals surface area contributed by atoms with Crippen LogP contribution in [0.4, 0.5) is 15.3 Å². The minimum atomic E-state index is -0.603. The van der Waals surface area contributed by atoms with Gasteiger partial charge in [-0.2, -0.15) is 0 Å². The minimum Gasteiger partial charge on any atom is -0.445 e. The van der Waals surface area contributed by atoms with Crippen LogP contribution >= 0.6 is 0 Å². The molecule has 1 aromatic heterocycles. The van der Waals surface area contributed by atoms with E-state index in [-0.39, 0.29) is 12.6 Å². The molecule has 1 unspecified atom stereocenters. The molecule has 0 aliphatic carbocycles. The Morgan fingerprint density at radius 3 is 2.46 bits per heavy atom. The van der Waals surface area contributed by atoms with Crippen LogP contribution in [0.3, 0.4) is 0 Å². The van der Waals surface area contributed by atoms with E-state index < -0.39 is 17.8 Å². The van der Waals surface area contributed by atoms with Gasteiger partial charge in [0.25, 0.3) is 0 Å². The number of carbonyl (C=O) groups is 2. The highest BCUT2D eigenvalue weighted by Gasteiger charge is 2.18. The van der Waals surface area contributed by atoms with Crippen molar-refractivity contribution >= 4 is 17.9 Å². The van der Waals surface area contributed by atoms with E-state index in [4.69, 9.17) is 13.9 Å². The lowest BCUT2D eigenvalue weighted by Gasteiger charge is -2.22. The number of ether oxygens (including phenoxy) is 2. The van der Waals surface area contributed by atoms with Gasteiger partial charge in [0, 0.05) is 5.69 Å². The second kappa shape index (κ2) is 8.37. The van der Waals surface area contributed by atoms with Crippen LogP contribution in [0.2, 0.25) is 0 Å². The molecule has 2 amide bonds. The summed E-state index contributed by atoms with van der Waals surface area (Å²) < 4.78 is 15.2. The number of hydrogen-bond acceptors (Lipinski definition) is 6. The van der Waals surface area contributed by atoms with E-state index >= 15 is 0 Å². The maximum atomic E-state index is 11.8. The lowest BCUT2D eigenvalue weighted by atomic mass is 10.1. The first kappa shape index (κ1) is 19.3. The molecular weight excluding hydrogens is 338 g/mol. The van der Waals surface area contributed by atoms with Gasteiger partial charge < -0.3 is 19.2 Å². The van der Waals surface area contributed by atoms with Gasteiger partial charge in [-0.25, -0.2) is 14.6 Å². The zero-order valence-corrected chi connectivity index (χ0v) is 15.2. The number of benzene rings is 1. The lowest BCUT2D eigenvalue weighted by Crippen LogP contribution is -2.34. The smallest absolute Gasteiger partial charge is 0.412 e. The van der Waals surface area contributed by atoms with Crippen LogP contribution in [0.1, 0.15) is 45.1 Å². The Morgan fingerprint density at radius 2 is 1.88 bits per heavy atom. The molecule has 140 valence electrons. The van der Waals surface area contributed by atoms with Crippen molar-refractivity contribution in [3.8, 4) is 0 Å². The molecule has 0 fully saturated rings. The second-order valence-corrected chi connectivity index (χ2v) is 6.66. The first-order valence-corrected chi connectivity index (χ1v) is 8.13. The first-order valence-electron chi connectivity index (χ1n) is 8.13. The quantitative estimate of drug-likeness (QED) is 0.834. The summed E-state index contributed by atoms with van der Waals surface area (Å²) in [4.78, 5) is 27.3. The molecule has 0 saturated heterocycles. The van der Waals surface area contributed by atoms with Crippen molar-refractivity contribution in [2.75, 3.05) is 5.32 Å². The molecule has 0 radical (unpaired) electrons. The third-order valence-electron chi connectivity index (χ3n) is 3.22.